The monoisotopic (exact) mass is 423 g/mol. The van der Waals surface area contributed by atoms with Crippen LogP contribution in [0.5, 0.6) is 0 Å². The lowest BCUT2D eigenvalue weighted by Gasteiger charge is -2.32. The van der Waals surface area contributed by atoms with E-state index in [0.29, 0.717) is 21.5 Å². The topological polar surface area (TPSA) is 20.3 Å². The Bertz CT molecular complexity index is 957. The Morgan fingerprint density at radius 2 is 1.41 bits per heavy atom. The lowest BCUT2D eigenvalue weighted by atomic mass is 9.89. The molecule has 0 radical (unpaired) electrons. The molecule has 4 rings (SSSR count). The molecule has 0 aromatic heterocycles. The highest BCUT2D eigenvalue weighted by atomic mass is 35.5. The van der Waals surface area contributed by atoms with Crippen LogP contribution in [0.2, 0.25) is 10.0 Å². The van der Waals surface area contributed by atoms with Gasteiger partial charge in [0.2, 0.25) is 0 Å². The molecule has 1 fully saturated rings. The van der Waals surface area contributed by atoms with E-state index in [0.717, 1.165) is 32.4 Å². The summed E-state index contributed by atoms with van der Waals surface area (Å²) in [5, 5.41) is 0.990. The third kappa shape index (κ3) is 5.01. The maximum atomic E-state index is 12.8. The summed E-state index contributed by atoms with van der Waals surface area (Å²) in [5.41, 5.74) is 4.41. The lowest BCUT2D eigenvalue weighted by Crippen LogP contribution is -2.38. The van der Waals surface area contributed by atoms with Gasteiger partial charge in [0, 0.05) is 28.7 Å². The number of rotatable bonds is 4. The summed E-state index contributed by atoms with van der Waals surface area (Å²) >= 11 is 12.1. The van der Waals surface area contributed by atoms with E-state index < -0.39 is 0 Å². The van der Waals surface area contributed by atoms with Crippen molar-refractivity contribution in [3.63, 3.8) is 0 Å². The molecule has 1 heterocycles. The molecule has 1 aliphatic heterocycles. The molecule has 0 spiro atoms. The molecular formula is C25H23Cl2NO. The van der Waals surface area contributed by atoms with Crippen LogP contribution in [-0.2, 0) is 6.42 Å². The highest BCUT2D eigenvalue weighted by Gasteiger charge is 2.24. The Balaban J connectivity index is 1.33. The van der Waals surface area contributed by atoms with Gasteiger partial charge >= 0.3 is 0 Å². The number of carbonyl (C=O) groups excluding carboxylic acids is 1. The van der Waals surface area contributed by atoms with Crippen LogP contribution in [0.25, 0.3) is 11.1 Å². The molecule has 1 aliphatic rings. The molecule has 1 saturated heterocycles. The summed E-state index contributed by atoms with van der Waals surface area (Å²) in [7, 11) is 0. The summed E-state index contributed by atoms with van der Waals surface area (Å²) < 4.78 is 0. The summed E-state index contributed by atoms with van der Waals surface area (Å²) in [6.07, 6.45) is 3.08. The standard InChI is InChI=1S/C25H23Cl2NO/c26-23-15-22(16-24(27)17-23)25(29)28-12-10-19(11-13-28)14-18-6-8-21(9-7-18)20-4-2-1-3-5-20/h1-9,15-17,19H,10-14H2. The van der Waals surface area contributed by atoms with Crippen LogP contribution in [0.4, 0.5) is 0 Å². The van der Waals surface area contributed by atoms with Gasteiger partial charge in [0.25, 0.3) is 5.91 Å². The van der Waals surface area contributed by atoms with Gasteiger partial charge < -0.3 is 4.90 Å². The Morgan fingerprint density at radius 3 is 2.03 bits per heavy atom. The summed E-state index contributed by atoms with van der Waals surface area (Å²) in [6, 6.07) is 24.3. The van der Waals surface area contributed by atoms with E-state index in [4.69, 9.17) is 23.2 Å². The third-order valence-corrected chi connectivity index (χ3v) is 6.03. The van der Waals surface area contributed by atoms with Crippen molar-refractivity contribution >= 4 is 29.1 Å². The van der Waals surface area contributed by atoms with E-state index >= 15 is 0 Å². The first-order chi connectivity index (χ1) is 14.1. The van der Waals surface area contributed by atoms with E-state index in [9.17, 15) is 4.79 Å². The molecule has 2 nitrogen and oxygen atoms in total. The van der Waals surface area contributed by atoms with E-state index in [1.54, 1.807) is 18.2 Å². The first kappa shape index (κ1) is 20.0. The number of carbonyl (C=O) groups is 1. The molecule has 0 unspecified atom stereocenters. The molecule has 3 aromatic rings. The van der Waals surface area contributed by atoms with Crippen LogP contribution in [0.3, 0.4) is 0 Å². The van der Waals surface area contributed by atoms with Crippen molar-refractivity contribution in [3.05, 3.63) is 94.0 Å². The molecule has 0 aliphatic carbocycles. The van der Waals surface area contributed by atoms with Gasteiger partial charge in [-0.1, -0.05) is 77.8 Å². The second kappa shape index (κ2) is 9.02. The van der Waals surface area contributed by atoms with Gasteiger partial charge in [0.05, 0.1) is 0 Å². The van der Waals surface area contributed by atoms with Crippen molar-refractivity contribution in [2.75, 3.05) is 13.1 Å². The van der Waals surface area contributed by atoms with E-state index in [2.05, 4.69) is 48.5 Å². The minimum absolute atomic E-state index is 0.0139. The van der Waals surface area contributed by atoms with Gasteiger partial charge in [0.15, 0.2) is 0 Å². The largest absolute Gasteiger partial charge is 0.339 e. The number of halogens is 2. The minimum Gasteiger partial charge on any atom is -0.339 e. The number of benzene rings is 3. The van der Waals surface area contributed by atoms with Gasteiger partial charge in [-0.05, 0) is 60.1 Å². The van der Waals surface area contributed by atoms with Gasteiger partial charge in [-0.2, -0.15) is 0 Å². The quantitative estimate of drug-likeness (QED) is 0.453. The molecule has 0 bridgehead atoms. The average molecular weight is 424 g/mol. The maximum Gasteiger partial charge on any atom is 0.253 e. The second-order valence-electron chi connectivity index (χ2n) is 7.66. The second-order valence-corrected chi connectivity index (χ2v) is 8.53. The smallest absolute Gasteiger partial charge is 0.253 e. The predicted molar refractivity (Wildman–Crippen MR) is 121 cm³/mol. The first-order valence-electron chi connectivity index (χ1n) is 9.98. The Hall–Kier alpha value is -2.29. The van der Waals surface area contributed by atoms with Crippen LogP contribution in [0.1, 0.15) is 28.8 Å². The summed E-state index contributed by atoms with van der Waals surface area (Å²) in [6.45, 7) is 1.55. The van der Waals surface area contributed by atoms with Crippen molar-refractivity contribution < 1.29 is 4.79 Å². The molecule has 4 heteroatoms. The fraction of sp³-hybridized carbons (Fsp3) is 0.240. The lowest BCUT2D eigenvalue weighted by molar-refractivity contribution is 0.0690. The highest BCUT2D eigenvalue weighted by molar-refractivity contribution is 6.35. The predicted octanol–water partition coefficient (Wildman–Crippen LogP) is 6.76. The third-order valence-electron chi connectivity index (χ3n) is 5.60. The van der Waals surface area contributed by atoms with Gasteiger partial charge in [-0.15, -0.1) is 0 Å². The van der Waals surface area contributed by atoms with Crippen molar-refractivity contribution in [2.45, 2.75) is 19.3 Å². The van der Waals surface area contributed by atoms with Crippen LogP contribution >= 0.6 is 23.2 Å². The van der Waals surface area contributed by atoms with E-state index in [1.807, 2.05) is 11.0 Å². The number of piperidine rings is 1. The number of hydrogen-bond acceptors (Lipinski definition) is 1. The molecule has 148 valence electrons. The molecule has 0 atom stereocenters. The molecular weight excluding hydrogens is 401 g/mol. The number of hydrogen-bond donors (Lipinski definition) is 0. The number of nitrogens with zero attached hydrogens (tertiary/aromatic N) is 1. The van der Waals surface area contributed by atoms with Crippen LogP contribution in [0.15, 0.2) is 72.8 Å². The molecule has 3 aromatic carbocycles. The molecule has 1 amide bonds. The normalized spacial score (nSPS) is 14.8. The first-order valence-corrected chi connectivity index (χ1v) is 10.7. The van der Waals surface area contributed by atoms with Crippen molar-refractivity contribution in [1.29, 1.82) is 0 Å². The summed E-state index contributed by atoms with van der Waals surface area (Å²) in [5.74, 6) is 0.615. The average Bonchev–Trinajstić information content (AvgIpc) is 2.74. The summed E-state index contributed by atoms with van der Waals surface area (Å²) in [4.78, 5) is 14.7. The number of likely N-dealkylation sites (tertiary alicyclic amines) is 1. The fourth-order valence-electron chi connectivity index (χ4n) is 4.00. The van der Waals surface area contributed by atoms with Gasteiger partial charge in [-0.25, -0.2) is 0 Å². The minimum atomic E-state index is 0.0139. The zero-order valence-corrected chi connectivity index (χ0v) is 17.7. The van der Waals surface area contributed by atoms with Crippen LogP contribution < -0.4 is 0 Å². The zero-order chi connectivity index (χ0) is 20.2. The van der Waals surface area contributed by atoms with Crippen molar-refractivity contribution in [2.24, 2.45) is 5.92 Å². The van der Waals surface area contributed by atoms with Gasteiger partial charge in [-0.3, -0.25) is 4.79 Å². The highest BCUT2D eigenvalue weighted by Crippen LogP contribution is 2.26. The number of amides is 1. The van der Waals surface area contributed by atoms with Gasteiger partial charge in [0.1, 0.15) is 0 Å². The zero-order valence-electron chi connectivity index (χ0n) is 16.2. The maximum absolute atomic E-state index is 12.8. The molecule has 0 N–H and O–H groups in total. The SMILES string of the molecule is O=C(c1cc(Cl)cc(Cl)c1)N1CCC(Cc2ccc(-c3ccccc3)cc2)CC1. The van der Waals surface area contributed by atoms with Crippen molar-refractivity contribution in [1.82, 2.24) is 4.90 Å². The molecule has 0 saturated carbocycles. The molecule has 29 heavy (non-hydrogen) atoms. The fourth-order valence-corrected chi connectivity index (χ4v) is 4.52. The van der Waals surface area contributed by atoms with E-state index in [1.165, 1.54) is 16.7 Å². The van der Waals surface area contributed by atoms with Crippen LogP contribution in [-0.4, -0.2) is 23.9 Å². The van der Waals surface area contributed by atoms with Crippen LogP contribution in [0, 0.1) is 5.92 Å². The Labute approximate surface area is 182 Å². The van der Waals surface area contributed by atoms with E-state index in [-0.39, 0.29) is 5.91 Å². The Morgan fingerprint density at radius 1 is 0.828 bits per heavy atom. The van der Waals surface area contributed by atoms with Crippen molar-refractivity contribution in [3.8, 4) is 11.1 Å². The Kier molecular flexibility index (Phi) is 6.22.